The monoisotopic (exact) mass is 396 g/mol. The Morgan fingerprint density at radius 2 is 1.75 bits per heavy atom. The first kappa shape index (κ1) is 17.2. The maximum absolute atomic E-state index is 10.9. The van der Waals surface area contributed by atoms with Crippen molar-refractivity contribution in [3.63, 3.8) is 0 Å². The number of aromatic carboxylic acids is 1. The van der Waals surface area contributed by atoms with Crippen LogP contribution in [0.2, 0.25) is 10.0 Å². The molecule has 8 heteroatoms. The van der Waals surface area contributed by atoms with Crippen molar-refractivity contribution in [3.8, 4) is 10.6 Å². The Kier molecular flexibility index (Phi) is 5.40. The molecular formula is C16H10Cl2N2O2S2. The van der Waals surface area contributed by atoms with Crippen LogP contribution in [0.4, 0.5) is 0 Å². The molecule has 1 N–H and O–H groups in total. The van der Waals surface area contributed by atoms with Gasteiger partial charge in [0.1, 0.15) is 5.01 Å². The van der Waals surface area contributed by atoms with Crippen molar-refractivity contribution < 1.29 is 9.90 Å². The summed E-state index contributed by atoms with van der Waals surface area (Å²) in [5.74, 6) is -0.350. The molecule has 0 unspecified atom stereocenters. The molecule has 24 heavy (non-hydrogen) atoms. The number of carboxylic acid groups (broad SMARTS) is 1. The number of aromatic nitrogens is 2. The van der Waals surface area contributed by atoms with Crippen LogP contribution in [-0.4, -0.2) is 21.3 Å². The topological polar surface area (TPSA) is 63.1 Å². The minimum Gasteiger partial charge on any atom is -0.478 e. The zero-order valence-electron chi connectivity index (χ0n) is 12.1. The van der Waals surface area contributed by atoms with E-state index in [9.17, 15) is 4.79 Å². The number of halogens is 2. The van der Waals surface area contributed by atoms with E-state index in [0.717, 1.165) is 20.5 Å². The van der Waals surface area contributed by atoms with Crippen LogP contribution in [0.3, 0.4) is 0 Å². The Labute approximate surface area is 156 Å². The molecule has 0 bridgehead atoms. The van der Waals surface area contributed by atoms with Gasteiger partial charge in [-0.1, -0.05) is 64.5 Å². The third-order valence-electron chi connectivity index (χ3n) is 3.19. The fraction of sp³-hybridized carbons (Fsp3) is 0.0625. The Morgan fingerprint density at radius 3 is 2.38 bits per heavy atom. The number of nitrogens with zero attached hydrogens (tertiary/aromatic N) is 2. The van der Waals surface area contributed by atoms with E-state index < -0.39 is 5.97 Å². The third kappa shape index (κ3) is 3.89. The van der Waals surface area contributed by atoms with Crippen LogP contribution in [0.15, 0.2) is 46.8 Å². The summed E-state index contributed by atoms with van der Waals surface area (Å²) in [7, 11) is 0. The van der Waals surface area contributed by atoms with Crippen LogP contribution in [0.1, 0.15) is 15.9 Å². The standard InChI is InChI=1S/C16H10Cl2N2O2S2/c17-12-2-1-3-13(18)11(12)8-23-16-20-19-14(24-16)9-4-6-10(7-5-9)15(21)22/h1-7H,8H2,(H,21,22). The van der Waals surface area contributed by atoms with Crippen LogP contribution in [0.25, 0.3) is 10.6 Å². The highest BCUT2D eigenvalue weighted by Crippen LogP contribution is 2.34. The molecule has 0 saturated carbocycles. The van der Waals surface area contributed by atoms with E-state index in [2.05, 4.69) is 10.2 Å². The lowest BCUT2D eigenvalue weighted by molar-refractivity contribution is 0.0697. The van der Waals surface area contributed by atoms with Gasteiger partial charge in [-0.15, -0.1) is 10.2 Å². The van der Waals surface area contributed by atoms with Crippen LogP contribution in [0, 0.1) is 0 Å². The average Bonchev–Trinajstić information content (AvgIpc) is 3.03. The molecule has 0 atom stereocenters. The van der Waals surface area contributed by atoms with Gasteiger partial charge in [0.2, 0.25) is 0 Å². The van der Waals surface area contributed by atoms with Gasteiger partial charge < -0.3 is 5.11 Å². The van der Waals surface area contributed by atoms with Crippen molar-refractivity contribution >= 4 is 52.3 Å². The summed E-state index contributed by atoms with van der Waals surface area (Å²) in [6.07, 6.45) is 0. The van der Waals surface area contributed by atoms with Crippen LogP contribution in [-0.2, 0) is 5.75 Å². The first-order valence-electron chi connectivity index (χ1n) is 6.77. The highest BCUT2D eigenvalue weighted by Gasteiger charge is 2.11. The molecule has 0 aliphatic carbocycles. The lowest BCUT2D eigenvalue weighted by Gasteiger charge is -2.04. The fourth-order valence-electron chi connectivity index (χ4n) is 1.94. The van der Waals surface area contributed by atoms with Crippen molar-refractivity contribution in [2.24, 2.45) is 0 Å². The van der Waals surface area contributed by atoms with Gasteiger partial charge in [-0.05, 0) is 29.8 Å². The third-order valence-corrected chi connectivity index (χ3v) is 6.03. The number of carbonyl (C=O) groups is 1. The molecule has 0 fully saturated rings. The van der Waals surface area contributed by atoms with Gasteiger partial charge in [-0.2, -0.15) is 0 Å². The maximum Gasteiger partial charge on any atom is 0.335 e. The van der Waals surface area contributed by atoms with Crippen LogP contribution < -0.4 is 0 Å². The van der Waals surface area contributed by atoms with E-state index in [1.54, 1.807) is 36.4 Å². The molecule has 1 heterocycles. The van der Waals surface area contributed by atoms with Gasteiger partial charge in [-0.3, -0.25) is 0 Å². The molecule has 0 amide bonds. The van der Waals surface area contributed by atoms with Crippen LogP contribution in [0.5, 0.6) is 0 Å². The molecule has 0 saturated heterocycles. The zero-order valence-corrected chi connectivity index (χ0v) is 15.2. The normalized spacial score (nSPS) is 10.8. The Bertz CT molecular complexity index is 862. The minimum absolute atomic E-state index is 0.242. The molecule has 3 aromatic rings. The highest BCUT2D eigenvalue weighted by atomic mass is 35.5. The zero-order chi connectivity index (χ0) is 17.1. The van der Waals surface area contributed by atoms with E-state index in [4.69, 9.17) is 28.3 Å². The summed E-state index contributed by atoms with van der Waals surface area (Å²) in [4.78, 5) is 10.9. The molecule has 0 spiro atoms. The smallest absolute Gasteiger partial charge is 0.335 e. The predicted octanol–water partition coefficient (Wildman–Crippen LogP) is 5.50. The molecule has 122 valence electrons. The summed E-state index contributed by atoms with van der Waals surface area (Å²) < 4.78 is 0.795. The number of hydrogen-bond donors (Lipinski definition) is 1. The summed E-state index contributed by atoms with van der Waals surface area (Å²) in [5.41, 5.74) is 1.94. The van der Waals surface area contributed by atoms with Crippen LogP contribution >= 0.6 is 46.3 Å². The average molecular weight is 397 g/mol. The van der Waals surface area contributed by atoms with Crippen molar-refractivity contribution in [1.29, 1.82) is 0 Å². The summed E-state index contributed by atoms with van der Waals surface area (Å²) in [5, 5.41) is 19.2. The van der Waals surface area contributed by atoms with Crippen molar-refractivity contribution in [3.05, 3.63) is 63.6 Å². The van der Waals surface area contributed by atoms with E-state index in [1.165, 1.54) is 23.1 Å². The number of benzene rings is 2. The number of rotatable bonds is 5. The highest BCUT2D eigenvalue weighted by molar-refractivity contribution is 8.00. The lowest BCUT2D eigenvalue weighted by atomic mass is 10.1. The van der Waals surface area contributed by atoms with Gasteiger partial charge in [0.05, 0.1) is 5.56 Å². The Balaban J connectivity index is 1.73. The Hall–Kier alpha value is -1.60. The number of thioether (sulfide) groups is 1. The first-order valence-corrected chi connectivity index (χ1v) is 9.33. The number of hydrogen-bond acceptors (Lipinski definition) is 5. The van der Waals surface area contributed by atoms with Gasteiger partial charge in [0.25, 0.3) is 0 Å². The van der Waals surface area contributed by atoms with E-state index >= 15 is 0 Å². The molecule has 2 aromatic carbocycles. The fourth-order valence-corrected chi connectivity index (χ4v) is 4.54. The first-order chi connectivity index (χ1) is 11.5. The molecule has 3 rings (SSSR count). The van der Waals surface area contributed by atoms with E-state index in [0.29, 0.717) is 15.8 Å². The number of carboxylic acids is 1. The summed E-state index contributed by atoms with van der Waals surface area (Å²) in [6.45, 7) is 0. The Morgan fingerprint density at radius 1 is 1.08 bits per heavy atom. The summed E-state index contributed by atoms with van der Waals surface area (Å²) >= 11 is 15.3. The molecule has 1 aromatic heterocycles. The van der Waals surface area contributed by atoms with E-state index in [1.807, 2.05) is 6.07 Å². The largest absolute Gasteiger partial charge is 0.478 e. The minimum atomic E-state index is -0.952. The second-order valence-corrected chi connectivity index (χ2v) is 7.76. The van der Waals surface area contributed by atoms with Crippen molar-refractivity contribution in [2.75, 3.05) is 0 Å². The quantitative estimate of drug-likeness (QED) is 0.576. The second kappa shape index (κ2) is 7.53. The van der Waals surface area contributed by atoms with Crippen molar-refractivity contribution in [2.45, 2.75) is 10.1 Å². The van der Waals surface area contributed by atoms with Gasteiger partial charge in [0, 0.05) is 21.4 Å². The summed E-state index contributed by atoms with van der Waals surface area (Å²) in [6, 6.07) is 12.0. The molecular weight excluding hydrogens is 387 g/mol. The van der Waals surface area contributed by atoms with Gasteiger partial charge >= 0.3 is 5.97 Å². The van der Waals surface area contributed by atoms with E-state index in [-0.39, 0.29) is 5.56 Å². The maximum atomic E-state index is 10.9. The van der Waals surface area contributed by atoms with Crippen molar-refractivity contribution in [1.82, 2.24) is 10.2 Å². The molecule has 0 aliphatic heterocycles. The lowest BCUT2D eigenvalue weighted by Crippen LogP contribution is -1.94. The van der Waals surface area contributed by atoms with Gasteiger partial charge in [-0.25, -0.2) is 4.79 Å². The SMILES string of the molecule is O=C(O)c1ccc(-c2nnc(SCc3c(Cl)cccc3Cl)s2)cc1. The molecule has 0 radical (unpaired) electrons. The molecule has 0 aliphatic rings. The molecule has 4 nitrogen and oxygen atoms in total. The second-order valence-electron chi connectivity index (χ2n) is 4.74. The van der Waals surface area contributed by atoms with Gasteiger partial charge in [0.15, 0.2) is 4.34 Å². The predicted molar refractivity (Wildman–Crippen MR) is 98.3 cm³/mol.